The van der Waals surface area contributed by atoms with Gasteiger partial charge in [0.15, 0.2) is 17.5 Å². The van der Waals surface area contributed by atoms with Gasteiger partial charge in [-0.2, -0.15) is 0 Å². The van der Waals surface area contributed by atoms with Gasteiger partial charge in [0.1, 0.15) is 5.82 Å². The number of halogens is 2. The van der Waals surface area contributed by atoms with E-state index in [1.807, 2.05) is 0 Å². The number of carbonyl (C=O) groups is 3. The summed E-state index contributed by atoms with van der Waals surface area (Å²) in [6, 6.07) is 4.09. The van der Waals surface area contributed by atoms with Crippen LogP contribution < -0.4 is 20.5 Å². The molecule has 1 saturated heterocycles. The molecule has 3 atom stereocenters. The number of aromatic nitrogens is 1. The van der Waals surface area contributed by atoms with Crippen LogP contribution in [0.2, 0.25) is 0 Å². The number of ether oxygens (including phenoxy) is 2. The number of anilines is 1. The van der Waals surface area contributed by atoms with Crippen molar-refractivity contribution in [3.05, 3.63) is 47.7 Å². The van der Waals surface area contributed by atoms with E-state index < -0.39 is 42.2 Å². The molecule has 3 unspecified atom stereocenters. The van der Waals surface area contributed by atoms with Crippen LogP contribution in [0, 0.1) is 5.92 Å². The molecular weight excluding hydrogens is 430 g/mol. The molecule has 32 heavy (non-hydrogen) atoms. The highest BCUT2D eigenvalue weighted by Gasteiger charge is 2.54. The highest BCUT2D eigenvalue weighted by molar-refractivity contribution is 6.07. The van der Waals surface area contributed by atoms with Gasteiger partial charge in [0.25, 0.3) is 0 Å². The second kappa shape index (κ2) is 7.62. The van der Waals surface area contributed by atoms with Crippen LogP contribution in [0.4, 0.5) is 19.4 Å². The number of imide groups is 1. The Morgan fingerprint density at radius 3 is 2.69 bits per heavy atom. The molecule has 0 bridgehead atoms. The predicted octanol–water partition coefficient (Wildman–Crippen LogP) is 1.91. The number of rotatable bonds is 5. The minimum Gasteiger partial charge on any atom is -0.480 e. The van der Waals surface area contributed by atoms with Crippen molar-refractivity contribution in [2.45, 2.75) is 31.7 Å². The molecule has 1 fully saturated rings. The van der Waals surface area contributed by atoms with Gasteiger partial charge in [-0.1, -0.05) is 6.07 Å². The number of nitrogens with one attached hydrogen (secondary N) is 1. The molecule has 4 N–H and O–H groups in total. The predicted molar refractivity (Wildman–Crippen MR) is 104 cm³/mol. The average Bonchev–Trinajstić information content (AvgIpc) is 3.02. The standard InChI is InChI=1S/C20H18F2N4O6/c1-9(11-2-3-13-14(8-11)32-20(21,22)31-13)25-19(30)26-16(18(28)29)12(17(26)27)6-10-4-5-24-15(23)7-10/h2-5,7-9,12,16H,6H2,1H3,(H2,23,24)(H,25,30)(H,28,29). The summed E-state index contributed by atoms with van der Waals surface area (Å²) in [5.74, 6) is -3.05. The summed E-state index contributed by atoms with van der Waals surface area (Å²) in [5, 5.41) is 12.1. The summed E-state index contributed by atoms with van der Waals surface area (Å²) in [4.78, 5) is 41.5. The first-order valence-corrected chi connectivity index (χ1v) is 9.52. The van der Waals surface area contributed by atoms with Crippen LogP contribution in [-0.4, -0.2) is 45.2 Å². The topological polar surface area (TPSA) is 144 Å². The van der Waals surface area contributed by atoms with Crippen LogP contribution in [0.25, 0.3) is 0 Å². The zero-order chi connectivity index (χ0) is 23.2. The Morgan fingerprint density at radius 1 is 1.28 bits per heavy atom. The number of pyridine rings is 1. The Kier molecular flexibility index (Phi) is 5.07. The molecule has 1 aromatic heterocycles. The fourth-order valence-electron chi connectivity index (χ4n) is 3.70. The molecule has 0 spiro atoms. The molecule has 4 rings (SSSR count). The number of alkyl halides is 2. The van der Waals surface area contributed by atoms with Gasteiger partial charge in [-0.15, -0.1) is 8.78 Å². The number of carboxylic acids is 1. The van der Waals surface area contributed by atoms with Crippen molar-refractivity contribution in [2.75, 3.05) is 5.73 Å². The number of nitrogens with zero attached hydrogens (tertiary/aromatic N) is 2. The van der Waals surface area contributed by atoms with E-state index in [2.05, 4.69) is 19.8 Å². The quantitative estimate of drug-likeness (QED) is 0.589. The third kappa shape index (κ3) is 3.86. The number of hydrogen-bond acceptors (Lipinski definition) is 7. The fraction of sp³-hybridized carbons (Fsp3) is 0.300. The molecular formula is C20H18F2N4O6. The number of aliphatic carboxylic acids is 1. The minimum absolute atomic E-state index is 0.0816. The summed E-state index contributed by atoms with van der Waals surface area (Å²) in [7, 11) is 0. The first-order valence-electron chi connectivity index (χ1n) is 9.52. The van der Waals surface area contributed by atoms with Crippen LogP contribution in [0.1, 0.15) is 24.1 Å². The lowest BCUT2D eigenvalue weighted by Gasteiger charge is -2.43. The van der Waals surface area contributed by atoms with Gasteiger partial charge in [0.2, 0.25) is 5.91 Å². The molecule has 0 radical (unpaired) electrons. The smallest absolute Gasteiger partial charge is 0.480 e. The van der Waals surface area contributed by atoms with Crippen molar-refractivity contribution in [3.63, 3.8) is 0 Å². The SMILES string of the molecule is CC(NC(=O)N1C(=O)C(Cc2ccnc(N)c2)C1C(=O)O)c1ccc2c(c1)OC(F)(F)O2. The van der Waals surface area contributed by atoms with Crippen molar-refractivity contribution in [1.29, 1.82) is 0 Å². The Morgan fingerprint density at radius 2 is 2.00 bits per heavy atom. The van der Waals surface area contributed by atoms with Crippen LogP contribution in [-0.2, 0) is 16.0 Å². The number of nitrogens with two attached hydrogens (primary N) is 1. The average molecular weight is 448 g/mol. The molecule has 3 amide bonds. The van der Waals surface area contributed by atoms with E-state index in [-0.39, 0.29) is 23.7 Å². The summed E-state index contributed by atoms with van der Waals surface area (Å²) in [6.45, 7) is 1.55. The van der Waals surface area contributed by atoms with E-state index in [0.29, 0.717) is 16.0 Å². The molecule has 1 aromatic carbocycles. The number of hydrogen-bond donors (Lipinski definition) is 3. The van der Waals surface area contributed by atoms with Gasteiger partial charge >= 0.3 is 18.3 Å². The van der Waals surface area contributed by atoms with Crippen LogP contribution >= 0.6 is 0 Å². The molecule has 12 heteroatoms. The van der Waals surface area contributed by atoms with Crippen molar-refractivity contribution >= 4 is 23.7 Å². The lowest BCUT2D eigenvalue weighted by atomic mass is 9.82. The lowest BCUT2D eigenvalue weighted by Crippen LogP contribution is -2.68. The van der Waals surface area contributed by atoms with Crippen molar-refractivity contribution in [1.82, 2.24) is 15.2 Å². The van der Waals surface area contributed by atoms with Gasteiger partial charge < -0.3 is 25.6 Å². The number of carboxylic acid groups (broad SMARTS) is 1. The zero-order valence-electron chi connectivity index (χ0n) is 16.6. The maximum atomic E-state index is 13.2. The number of fused-ring (bicyclic) bond motifs is 1. The van der Waals surface area contributed by atoms with Crippen LogP contribution in [0.5, 0.6) is 11.5 Å². The Hall–Kier alpha value is -3.96. The van der Waals surface area contributed by atoms with Gasteiger partial charge in [0, 0.05) is 6.20 Å². The van der Waals surface area contributed by atoms with Crippen LogP contribution in [0.15, 0.2) is 36.5 Å². The normalized spacial score (nSPS) is 21.6. The fourth-order valence-corrected chi connectivity index (χ4v) is 3.70. The maximum Gasteiger partial charge on any atom is 0.586 e. The first kappa shape index (κ1) is 21.3. The minimum atomic E-state index is -3.78. The van der Waals surface area contributed by atoms with E-state index >= 15 is 0 Å². The van der Waals surface area contributed by atoms with E-state index in [9.17, 15) is 28.3 Å². The highest BCUT2D eigenvalue weighted by Crippen LogP contribution is 2.42. The highest BCUT2D eigenvalue weighted by atomic mass is 19.3. The summed E-state index contributed by atoms with van der Waals surface area (Å²) >= 11 is 0. The third-order valence-corrected chi connectivity index (χ3v) is 5.25. The largest absolute Gasteiger partial charge is 0.586 e. The Balaban J connectivity index is 1.45. The molecule has 3 heterocycles. The lowest BCUT2D eigenvalue weighted by molar-refractivity contribution is -0.286. The summed E-state index contributed by atoms with van der Waals surface area (Å²) in [6.07, 6.45) is -2.25. The molecule has 168 valence electrons. The molecule has 0 saturated carbocycles. The monoisotopic (exact) mass is 448 g/mol. The molecule has 2 aliphatic rings. The molecule has 10 nitrogen and oxygen atoms in total. The van der Waals surface area contributed by atoms with Gasteiger partial charge in [-0.05, 0) is 48.7 Å². The van der Waals surface area contributed by atoms with E-state index in [0.717, 1.165) is 0 Å². The van der Waals surface area contributed by atoms with E-state index in [4.69, 9.17) is 5.73 Å². The van der Waals surface area contributed by atoms with Crippen molar-refractivity contribution in [3.8, 4) is 11.5 Å². The Labute approximate surface area is 179 Å². The number of urea groups is 1. The van der Waals surface area contributed by atoms with Crippen molar-refractivity contribution < 1.29 is 37.7 Å². The number of carbonyl (C=O) groups excluding carboxylic acids is 2. The van der Waals surface area contributed by atoms with E-state index in [1.165, 1.54) is 30.5 Å². The number of likely N-dealkylation sites (tertiary alicyclic amines) is 1. The van der Waals surface area contributed by atoms with Gasteiger partial charge in [-0.3, -0.25) is 4.79 Å². The maximum absolute atomic E-state index is 13.2. The molecule has 2 aromatic rings. The number of benzene rings is 1. The number of amides is 3. The second-order valence-electron chi connectivity index (χ2n) is 7.44. The third-order valence-electron chi connectivity index (χ3n) is 5.25. The van der Waals surface area contributed by atoms with Crippen LogP contribution in [0.3, 0.4) is 0 Å². The van der Waals surface area contributed by atoms with Crippen molar-refractivity contribution in [2.24, 2.45) is 5.92 Å². The second-order valence-corrected chi connectivity index (χ2v) is 7.44. The first-order chi connectivity index (χ1) is 15.1. The zero-order valence-corrected chi connectivity index (χ0v) is 16.6. The van der Waals surface area contributed by atoms with E-state index in [1.54, 1.807) is 13.0 Å². The number of β-lactam (4-membered cyclic amide) rings is 1. The summed E-state index contributed by atoms with van der Waals surface area (Å²) in [5.41, 5.74) is 6.62. The van der Waals surface area contributed by atoms with Gasteiger partial charge in [0.05, 0.1) is 12.0 Å². The van der Waals surface area contributed by atoms with Gasteiger partial charge in [-0.25, -0.2) is 19.5 Å². The summed E-state index contributed by atoms with van der Waals surface area (Å²) < 4.78 is 35.1. The number of nitrogen functional groups attached to an aromatic ring is 1. The molecule has 0 aliphatic carbocycles. The molecule has 2 aliphatic heterocycles. The Bertz CT molecular complexity index is 1110.